The summed E-state index contributed by atoms with van der Waals surface area (Å²) in [5.41, 5.74) is 3.45. The molecule has 3 aromatic rings. The van der Waals surface area contributed by atoms with Crippen molar-refractivity contribution in [2.75, 3.05) is 37.8 Å². The molecule has 1 amide bonds. The van der Waals surface area contributed by atoms with Gasteiger partial charge < -0.3 is 25.0 Å². The molecule has 0 saturated carbocycles. The third-order valence-electron chi connectivity index (χ3n) is 6.22. The number of rotatable bonds is 4. The van der Waals surface area contributed by atoms with E-state index in [0.717, 1.165) is 41.0 Å². The summed E-state index contributed by atoms with van der Waals surface area (Å²) in [4.78, 5) is 30.6. The van der Waals surface area contributed by atoms with Crippen LogP contribution in [0.5, 0.6) is 0 Å². The number of aliphatic hydroxyl groups is 1. The molecule has 2 atom stereocenters. The predicted octanol–water partition coefficient (Wildman–Crippen LogP) is 2.00. The Hall–Kier alpha value is -3.16. The molecule has 2 aromatic carbocycles. The molecule has 1 aromatic heterocycles. The van der Waals surface area contributed by atoms with E-state index in [-0.39, 0.29) is 30.0 Å². The van der Waals surface area contributed by atoms with E-state index in [0.29, 0.717) is 25.0 Å². The van der Waals surface area contributed by atoms with E-state index in [2.05, 4.69) is 21.3 Å². The minimum absolute atomic E-state index is 0.0810. The van der Waals surface area contributed by atoms with Crippen molar-refractivity contribution in [3.8, 4) is 11.3 Å². The van der Waals surface area contributed by atoms with E-state index in [9.17, 15) is 14.7 Å². The van der Waals surface area contributed by atoms with Gasteiger partial charge in [0, 0.05) is 29.7 Å². The first-order valence-electron chi connectivity index (χ1n) is 10.6. The lowest BCUT2D eigenvalue weighted by Crippen LogP contribution is -2.36. The SMILES string of the molecule is O=C1NC(CO)C[C@@H]1c1ccc2cc(-c3ccccc3N3CCOCC3)[nH]c(=O)c2c1. The summed E-state index contributed by atoms with van der Waals surface area (Å²) in [5.74, 6) is -0.450. The fourth-order valence-corrected chi connectivity index (χ4v) is 4.58. The number of fused-ring (bicyclic) bond motifs is 1. The highest BCUT2D eigenvalue weighted by Gasteiger charge is 2.32. The summed E-state index contributed by atoms with van der Waals surface area (Å²) in [6.45, 7) is 2.93. The van der Waals surface area contributed by atoms with Crippen LogP contribution in [-0.4, -0.2) is 54.9 Å². The number of aromatic nitrogens is 1. The molecule has 31 heavy (non-hydrogen) atoms. The van der Waals surface area contributed by atoms with Gasteiger partial charge in [0.2, 0.25) is 5.91 Å². The highest BCUT2D eigenvalue weighted by Crippen LogP contribution is 2.32. The number of benzene rings is 2. The number of hydrogen-bond acceptors (Lipinski definition) is 5. The smallest absolute Gasteiger partial charge is 0.256 e. The molecular formula is C24H25N3O4. The largest absolute Gasteiger partial charge is 0.394 e. The molecule has 3 heterocycles. The lowest BCUT2D eigenvalue weighted by molar-refractivity contribution is -0.120. The zero-order chi connectivity index (χ0) is 21.4. The molecule has 0 bridgehead atoms. The number of hydrogen-bond donors (Lipinski definition) is 3. The number of aliphatic hydroxyl groups excluding tert-OH is 1. The first kappa shape index (κ1) is 19.8. The van der Waals surface area contributed by atoms with Crippen molar-refractivity contribution in [2.45, 2.75) is 18.4 Å². The number of para-hydroxylation sites is 1. The van der Waals surface area contributed by atoms with Crippen LogP contribution >= 0.6 is 0 Å². The maximum absolute atomic E-state index is 13.0. The van der Waals surface area contributed by atoms with Gasteiger partial charge in [0.25, 0.3) is 5.56 Å². The van der Waals surface area contributed by atoms with Crippen molar-refractivity contribution in [3.63, 3.8) is 0 Å². The molecule has 0 aliphatic carbocycles. The summed E-state index contributed by atoms with van der Waals surface area (Å²) in [7, 11) is 0. The van der Waals surface area contributed by atoms with Gasteiger partial charge >= 0.3 is 0 Å². The summed E-state index contributed by atoms with van der Waals surface area (Å²) < 4.78 is 5.48. The molecule has 7 nitrogen and oxygen atoms in total. The van der Waals surface area contributed by atoms with Crippen molar-refractivity contribution >= 4 is 22.4 Å². The molecule has 2 aliphatic rings. The zero-order valence-corrected chi connectivity index (χ0v) is 17.1. The predicted molar refractivity (Wildman–Crippen MR) is 119 cm³/mol. The standard InChI is InChI=1S/C24H25N3O4/c28-14-17-13-20(23(29)25-17)15-5-6-16-12-21(26-24(30)19(16)11-15)18-3-1-2-4-22(18)27-7-9-31-10-8-27/h1-6,11-12,17,20,28H,7-10,13-14H2,(H,25,29)(H,26,30)/t17?,20-/m1/s1. The second kappa shape index (κ2) is 8.17. The lowest BCUT2D eigenvalue weighted by atomic mass is 9.93. The molecule has 2 saturated heterocycles. The fraction of sp³-hybridized carbons (Fsp3) is 0.333. The van der Waals surface area contributed by atoms with E-state index >= 15 is 0 Å². The monoisotopic (exact) mass is 419 g/mol. The fourth-order valence-electron chi connectivity index (χ4n) is 4.58. The molecule has 7 heteroatoms. The number of carbonyl (C=O) groups excluding carboxylic acids is 1. The molecule has 3 N–H and O–H groups in total. The molecule has 2 fully saturated rings. The Morgan fingerprint density at radius 1 is 1.06 bits per heavy atom. The number of aromatic amines is 1. The van der Waals surface area contributed by atoms with Gasteiger partial charge in [-0.05, 0) is 35.6 Å². The van der Waals surface area contributed by atoms with Crippen LogP contribution in [0.2, 0.25) is 0 Å². The Morgan fingerprint density at radius 2 is 1.87 bits per heavy atom. The first-order valence-corrected chi connectivity index (χ1v) is 10.6. The van der Waals surface area contributed by atoms with Gasteiger partial charge in [-0.25, -0.2) is 0 Å². The highest BCUT2D eigenvalue weighted by atomic mass is 16.5. The van der Waals surface area contributed by atoms with Gasteiger partial charge in [0.05, 0.1) is 37.5 Å². The van der Waals surface area contributed by atoms with E-state index in [1.165, 1.54) is 0 Å². The molecular weight excluding hydrogens is 394 g/mol. The minimum Gasteiger partial charge on any atom is -0.394 e. The van der Waals surface area contributed by atoms with Crippen molar-refractivity contribution in [3.05, 3.63) is 64.4 Å². The number of amides is 1. The number of nitrogens with one attached hydrogen (secondary N) is 2. The molecule has 0 radical (unpaired) electrons. The average Bonchev–Trinajstić information content (AvgIpc) is 3.20. The van der Waals surface area contributed by atoms with Gasteiger partial charge in [-0.3, -0.25) is 9.59 Å². The van der Waals surface area contributed by atoms with Crippen LogP contribution in [0, 0.1) is 0 Å². The van der Waals surface area contributed by atoms with Crippen LogP contribution in [0.25, 0.3) is 22.0 Å². The number of H-pyrrole nitrogens is 1. The van der Waals surface area contributed by atoms with Crippen LogP contribution in [-0.2, 0) is 9.53 Å². The number of ether oxygens (including phenoxy) is 1. The van der Waals surface area contributed by atoms with Crippen LogP contribution < -0.4 is 15.8 Å². The average molecular weight is 419 g/mol. The van der Waals surface area contributed by atoms with E-state index in [1.54, 1.807) is 6.07 Å². The Morgan fingerprint density at radius 3 is 2.65 bits per heavy atom. The number of anilines is 1. The lowest BCUT2D eigenvalue weighted by Gasteiger charge is -2.30. The van der Waals surface area contributed by atoms with Crippen molar-refractivity contribution in [1.82, 2.24) is 10.3 Å². The summed E-state index contributed by atoms with van der Waals surface area (Å²) in [6, 6.07) is 15.4. The normalized spacial score (nSPS) is 21.5. The second-order valence-electron chi connectivity index (χ2n) is 8.15. The Bertz CT molecular complexity index is 1180. The van der Waals surface area contributed by atoms with Crippen molar-refractivity contribution in [2.24, 2.45) is 0 Å². The molecule has 0 spiro atoms. The number of pyridine rings is 1. The van der Waals surface area contributed by atoms with Crippen LogP contribution in [0.3, 0.4) is 0 Å². The number of morpholine rings is 1. The van der Waals surface area contributed by atoms with Gasteiger partial charge in [0.1, 0.15) is 0 Å². The first-order chi connectivity index (χ1) is 15.1. The molecule has 2 aliphatic heterocycles. The zero-order valence-electron chi connectivity index (χ0n) is 17.1. The van der Waals surface area contributed by atoms with Gasteiger partial charge in [-0.2, -0.15) is 0 Å². The molecule has 160 valence electrons. The van der Waals surface area contributed by atoms with Crippen LogP contribution in [0.4, 0.5) is 5.69 Å². The van der Waals surface area contributed by atoms with Gasteiger partial charge in [-0.15, -0.1) is 0 Å². The van der Waals surface area contributed by atoms with E-state index in [1.807, 2.05) is 36.4 Å². The quantitative estimate of drug-likeness (QED) is 0.601. The van der Waals surface area contributed by atoms with Crippen molar-refractivity contribution < 1.29 is 14.6 Å². The van der Waals surface area contributed by atoms with Crippen molar-refractivity contribution in [1.29, 1.82) is 0 Å². The van der Waals surface area contributed by atoms with E-state index < -0.39 is 0 Å². The maximum Gasteiger partial charge on any atom is 0.256 e. The topological polar surface area (TPSA) is 94.7 Å². The van der Waals surface area contributed by atoms with Gasteiger partial charge in [0.15, 0.2) is 0 Å². The minimum atomic E-state index is -0.345. The number of nitrogens with zero attached hydrogens (tertiary/aromatic N) is 1. The molecule has 5 rings (SSSR count). The Kier molecular flexibility index (Phi) is 5.21. The summed E-state index contributed by atoms with van der Waals surface area (Å²) in [6.07, 6.45) is 0.532. The number of carbonyl (C=O) groups is 1. The summed E-state index contributed by atoms with van der Waals surface area (Å²) >= 11 is 0. The van der Waals surface area contributed by atoms with Crippen LogP contribution in [0.15, 0.2) is 53.3 Å². The van der Waals surface area contributed by atoms with E-state index in [4.69, 9.17) is 4.74 Å². The van der Waals surface area contributed by atoms with Gasteiger partial charge in [-0.1, -0.05) is 30.3 Å². The highest BCUT2D eigenvalue weighted by molar-refractivity contribution is 5.91. The Balaban J connectivity index is 1.53. The maximum atomic E-state index is 13.0. The summed E-state index contributed by atoms with van der Waals surface area (Å²) in [5, 5.41) is 13.5. The molecule has 1 unspecified atom stereocenters. The van der Waals surface area contributed by atoms with Crippen LogP contribution in [0.1, 0.15) is 17.9 Å². The Labute approximate surface area is 179 Å². The second-order valence-corrected chi connectivity index (χ2v) is 8.15. The third-order valence-corrected chi connectivity index (χ3v) is 6.22. The third kappa shape index (κ3) is 3.71.